The summed E-state index contributed by atoms with van der Waals surface area (Å²) in [5.74, 6) is 1.20. The Morgan fingerprint density at radius 2 is 1.88 bits per heavy atom. The molecule has 4 rings (SSSR count). The average molecular weight is 464 g/mol. The Morgan fingerprint density at radius 3 is 2.55 bits per heavy atom. The van der Waals surface area contributed by atoms with Crippen molar-refractivity contribution < 1.29 is 9.53 Å². The van der Waals surface area contributed by atoms with Gasteiger partial charge in [-0.3, -0.25) is 9.59 Å². The third kappa shape index (κ3) is 5.25. The van der Waals surface area contributed by atoms with Gasteiger partial charge >= 0.3 is 0 Å². The van der Waals surface area contributed by atoms with E-state index in [1.807, 2.05) is 36.4 Å². The van der Waals surface area contributed by atoms with Crippen LogP contribution in [0, 0.1) is 0 Å². The number of hydrogen-bond acceptors (Lipinski definition) is 6. The van der Waals surface area contributed by atoms with E-state index < -0.39 is 0 Å². The number of aromatic nitrogens is 4. The summed E-state index contributed by atoms with van der Waals surface area (Å²) in [7, 11) is 1.61. The van der Waals surface area contributed by atoms with Crippen LogP contribution < -0.4 is 15.6 Å². The van der Waals surface area contributed by atoms with Gasteiger partial charge in [-0.1, -0.05) is 62.0 Å². The van der Waals surface area contributed by atoms with E-state index in [0.717, 1.165) is 16.9 Å². The molecule has 170 valence electrons. The Labute approximate surface area is 195 Å². The van der Waals surface area contributed by atoms with Crippen molar-refractivity contribution >= 4 is 23.2 Å². The molecule has 0 fully saturated rings. The first-order chi connectivity index (χ1) is 15.9. The second kappa shape index (κ2) is 9.91. The maximum Gasteiger partial charge on any atom is 0.290 e. The Morgan fingerprint density at radius 1 is 1.15 bits per heavy atom. The van der Waals surface area contributed by atoms with E-state index in [-0.39, 0.29) is 17.2 Å². The van der Waals surface area contributed by atoms with Gasteiger partial charge in [0, 0.05) is 12.1 Å². The summed E-state index contributed by atoms with van der Waals surface area (Å²) in [5.41, 5.74) is 3.85. The molecule has 0 aliphatic carbocycles. The molecule has 0 unspecified atom stereocenters. The highest BCUT2D eigenvalue weighted by molar-refractivity contribution is 7.99. The molecule has 2 heterocycles. The second-order valence-electron chi connectivity index (χ2n) is 7.85. The van der Waals surface area contributed by atoms with E-state index in [2.05, 4.69) is 46.6 Å². The normalized spacial score (nSPS) is 11.2. The molecule has 2 N–H and O–H groups in total. The predicted molar refractivity (Wildman–Crippen MR) is 129 cm³/mol. The smallest absolute Gasteiger partial charge is 0.290 e. The molecule has 2 aromatic heterocycles. The molecule has 0 atom stereocenters. The number of aromatic amines is 1. The van der Waals surface area contributed by atoms with Crippen LogP contribution in [0.5, 0.6) is 5.75 Å². The van der Waals surface area contributed by atoms with Crippen molar-refractivity contribution in [1.29, 1.82) is 0 Å². The molecule has 0 radical (unpaired) electrons. The van der Waals surface area contributed by atoms with E-state index in [1.165, 1.54) is 21.8 Å². The van der Waals surface area contributed by atoms with E-state index in [0.29, 0.717) is 28.8 Å². The van der Waals surface area contributed by atoms with E-state index in [4.69, 9.17) is 4.74 Å². The Bertz CT molecular complexity index is 1310. The number of nitrogens with one attached hydrogen (secondary N) is 2. The van der Waals surface area contributed by atoms with Crippen LogP contribution in [0.15, 0.2) is 64.5 Å². The molecule has 0 saturated carbocycles. The van der Waals surface area contributed by atoms with E-state index in [9.17, 15) is 9.59 Å². The topological polar surface area (TPSA) is 101 Å². The summed E-state index contributed by atoms with van der Waals surface area (Å²) in [6.45, 7) is 4.69. The highest BCUT2D eigenvalue weighted by Crippen LogP contribution is 2.24. The summed E-state index contributed by atoms with van der Waals surface area (Å²) in [6, 6.07) is 17.4. The first-order valence-electron chi connectivity index (χ1n) is 10.6. The Hall–Kier alpha value is -3.59. The quantitative estimate of drug-likeness (QED) is 0.387. The van der Waals surface area contributed by atoms with Gasteiger partial charge in [0.25, 0.3) is 5.56 Å². The third-order valence-corrected chi connectivity index (χ3v) is 6.16. The number of carbonyl (C=O) groups excluding carboxylic acids is 1. The Balaban J connectivity index is 1.45. The minimum Gasteiger partial charge on any atom is -0.497 e. The zero-order valence-electron chi connectivity index (χ0n) is 18.7. The number of thioether (sulfide) groups is 1. The molecule has 1 amide bonds. The van der Waals surface area contributed by atoms with Gasteiger partial charge < -0.3 is 10.1 Å². The zero-order chi connectivity index (χ0) is 23.4. The van der Waals surface area contributed by atoms with Crippen molar-refractivity contribution in [2.24, 2.45) is 0 Å². The summed E-state index contributed by atoms with van der Waals surface area (Å²) in [4.78, 5) is 24.6. The number of nitrogens with zero attached hydrogens (tertiary/aromatic N) is 3. The standard InChI is InChI=1S/C24H25N5O3S/c1-15(2)17-6-8-18(9-7-17)20-12-21-23(31)26-27-24(29(21)28-20)33-14-22(30)25-13-16-4-10-19(32-3)11-5-16/h4-12,15H,13-14H2,1-3H3,(H,25,30)(H,26,31). The van der Waals surface area contributed by atoms with Crippen molar-refractivity contribution in [2.45, 2.75) is 31.5 Å². The predicted octanol–water partition coefficient (Wildman–Crippen LogP) is 3.63. The molecule has 9 heteroatoms. The van der Waals surface area contributed by atoms with Gasteiger partial charge in [0.05, 0.1) is 18.6 Å². The number of fused-ring (bicyclic) bond motifs is 1. The molecule has 0 aliphatic rings. The summed E-state index contributed by atoms with van der Waals surface area (Å²) < 4.78 is 6.63. The second-order valence-corrected chi connectivity index (χ2v) is 8.79. The maximum absolute atomic E-state index is 12.3. The van der Waals surface area contributed by atoms with E-state index >= 15 is 0 Å². The molecule has 2 aromatic carbocycles. The Kier molecular flexibility index (Phi) is 6.79. The van der Waals surface area contributed by atoms with Crippen molar-refractivity contribution in [3.63, 3.8) is 0 Å². The van der Waals surface area contributed by atoms with Crippen LogP contribution in [-0.2, 0) is 11.3 Å². The van der Waals surface area contributed by atoms with Gasteiger partial charge in [0.15, 0.2) is 0 Å². The fourth-order valence-electron chi connectivity index (χ4n) is 3.29. The van der Waals surface area contributed by atoms with Gasteiger partial charge in [-0.2, -0.15) is 5.10 Å². The fourth-order valence-corrected chi connectivity index (χ4v) is 4.02. The van der Waals surface area contributed by atoms with Crippen molar-refractivity contribution in [3.8, 4) is 17.0 Å². The number of rotatable bonds is 8. The fraction of sp³-hybridized carbons (Fsp3) is 0.250. The van der Waals surface area contributed by atoms with Crippen molar-refractivity contribution in [3.05, 3.63) is 76.1 Å². The minimum absolute atomic E-state index is 0.141. The molecule has 0 saturated heterocycles. The molecule has 0 bridgehead atoms. The van der Waals surface area contributed by atoms with Crippen molar-refractivity contribution in [2.75, 3.05) is 12.9 Å². The molecule has 33 heavy (non-hydrogen) atoms. The maximum atomic E-state index is 12.3. The van der Waals surface area contributed by atoms with Gasteiger partial charge in [-0.15, -0.1) is 5.10 Å². The number of amides is 1. The van der Waals surface area contributed by atoms with Crippen LogP contribution in [0.4, 0.5) is 0 Å². The lowest BCUT2D eigenvalue weighted by Gasteiger charge is -2.07. The zero-order valence-corrected chi connectivity index (χ0v) is 19.5. The number of ether oxygens (including phenoxy) is 1. The molecular weight excluding hydrogens is 438 g/mol. The van der Waals surface area contributed by atoms with Crippen LogP contribution in [0.3, 0.4) is 0 Å². The molecule has 8 nitrogen and oxygen atoms in total. The highest BCUT2D eigenvalue weighted by Gasteiger charge is 2.14. The van der Waals surface area contributed by atoms with E-state index in [1.54, 1.807) is 13.2 Å². The number of hydrogen-bond donors (Lipinski definition) is 2. The number of benzene rings is 2. The first kappa shape index (κ1) is 22.6. The van der Waals surface area contributed by atoms with Gasteiger partial charge in [-0.05, 0) is 35.2 Å². The number of carbonyl (C=O) groups is 1. The summed E-state index contributed by atoms with van der Waals surface area (Å²) >= 11 is 1.21. The van der Waals surface area contributed by atoms with Crippen LogP contribution in [0.1, 0.15) is 30.9 Å². The molecule has 0 spiro atoms. The number of methoxy groups -OCH3 is 1. The van der Waals surface area contributed by atoms with Crippen LogP contribution >= 0.6 is 11.8 Å². The number of H-pyrrole nitrogens is 1. The van der Waals surface area contributed by atoms with Crippen molar-refractivity contribution in [1.82, 2.24) is 25.1 Å². The van der Waals surface area contributed by atoms with Crippen LogP contribution in [-0.4, -0.2) is 38.6 Å². The lowest BCUT2D eigenvalue weighted by Crippen LogP contribution is -2.25. The molecular formula is C24H25N5O3S. The van der Waals surface area contributed by atoms with Crippen LogP contribution in [0.2, 0.25) is 0 Å². The van der Waals surface area contributed by atoms with Crippen LogP contribution in [0.25, 0.3) is 16.8 Å². The molecule has 4 aromatic rings. The largest absolute Gasteiger partial charge is 0.497 e. The molecule has 0 aliphatic heterocycles. The average Bonchev–Trinajstić information content (AvgIpc) is 3.29. The third-order valence-electron chi connectivity index (χ3n) is 5.23. The van der Waals surface area contributed by atoms with Gasteiger partial charge in [0.1, 0.15) is 11.3 Å². The lowest BCUT2D eigenvalue weighted by atomic mass is 10.0. The van der Waals surface area contributed by atoms with Gasteiger partial charge in [0.2, 0.25) is 11.1 Å². The minimum atomic E-state index is -0.333. The summed E-state index contributed by atoms with van der Waals surface area (Å²) in [6.07, 6.45) is 0. The monoisotopic (exact) mass is 463 g/mol. The SMILES string of the molecule is COc1ccc(CNC(=O)CSc2n[nH]c(=O)c3cc(-c4ccc(C(C)C)cc4)nn23)cc1. The van der Waals surface area contributed by atoms with Gasteiger partial charge in [-0.25, -0.2) is 9.61 Å². The highest BCUT2D eigenvalue weighted by atomic mass is 32.2. The lowest BCUT2D eigenvalue weighted by molar-refractivity contribution is -0.118. The summed E-state index contributed by atoms with van der Waals surface area (Å²) in [5, 5.41) is 14.5. The first-order valence-corrected chi connectivity index (χ1v) is 11.5.